The van der Waals surface area contributed by atoms with Gasteiger partial charge in [-0.05, 0) is 32.9 Å². The molecule has 3 rings (SSSR count). The number of rotatable bonds is 5. The van der Waals surface area contributed by atoms with Crippen LogP contribution in [0.25, 0.3) is 0 Å². The summed E-state index contributed by atoms with van der Waals surface area (Å²) in [7, 11) is 2.21. The van der Waals surface area contributed by atoms with Crippen LogP contribution in [0.15, 0.2) is 16.7 Å². The summed E-state index contributed by atoms with van der Waals surface area (Å²) in [5.41, 5.74) is 1.35. The second-order valence-corrected chi connectivity index (χ2v) is 6.11. The second-order valence-electron chi connectivity index (χ2n) is 6.11. The summed E-state index contributed by atoms with van der Waals surface area (Å²) in [6.07, 6.45) is 4.48. The van der Waals surface area contributed by atoms with Crippen molar-refractivity contribution < 1.29 is 4.42 Å². The van der Waals surface area contributed by atoms with E-state index < -0.39 is 0 Å². The molecular weight excluding hydrogens is 238 g/mol. The third kappa shape index (κ3) is 3.38. The standard InChI is InChI=1S/C15H25N3O/c1-12-10-17(2)6-7-18(12)11-13-5-8-19-15(13)9-16-14-3-4-14/h5,8,12,14,16H,3-4,6-7,9-11H2,1-2H3. The van der Waals surface area contributed by atoms with Crippen molar-refractivity contribution >= 4 is 0 Å². The van der Waals surface area contributed by atoms with Gasteiger partial charge in [-0.1, -0.05) is 0 Å². The lowest BCUT2D eigenvalue weighted by Gasteiger charge is -2.38. The Morgan fingerprint density at radius 1 is 1.37 bits per heavy atom. The molecule has 0 aromatic carbocycles. The molecule has 2 heterocycles. The molecule has 1 aromatic heterocycles. The number of nitrogens with one attached hydrogen (secondary N) is 1. The number of hydrogen-bond donors (Lipinski definition) is 1. The molecule has 1 aliphatic carbocycles. The van der Waals surface area contributed by atoms with Crippen LogP contribution >= 0.6 is 0 Å². The van der Waals surface area contributed by atoms with Crippen LogP contribution < -0.4 is 5.32 Å². The summed E-state index contributed by atoms with van der Waals surface area (Å²) in [5.74, 6) is 1.12. The summed E-state index contributed by atoms with van der Waals surface area (Å²) >= 11 is 0. The fourth-order valence-electron chi connectivity index (χ4n) is 2.82. The van der Waals surface area contributed by atoms with E-state index >= 15 is 0 Å². The summed E-state index contributed by atoms with van der Waals surface area (Å²) in [6.45, 7) is 7.70. The van der Waals surface area contributed by atoms with E-state index in [1.54, 1.807) is 0 Å². The average Bonchev–Trinajstić information content (AvgIpc) is 3.11. The number of likely N-dealkylation sites (N-methyl/N-ethyl adjacent to an activating group) is 1. The Morgan fingerprint density at radius 2 is 2.21 bits per heavy atom. The lowest BCUT2D eigenvalue weighted by Crippen LogP contribution is -2.49. The Kier molecular flexibility index (Phi) is 3.91. The first-order valence-electron chi connectivity index (χ1n) is 7.43. The summed E-state index contributed by atoms with van der Waals surface area (Å²) in [5, 5.41) is 3.53. The van der Waals surface area contributed by atoms with E-state index in [0.717, 1.165) is 44.5 Å². The topological polar surface area (TPSA) is 31.6 Å². The average molecular weight is 263 g/mol. The van der Waals surface area contributed by atoms with Gasteiger partial charge in [0.15, 0.2) is 0 Å². The highest BCUT2D eigenvalue weighted by molar-refractivity contribution is 5.17. The van der Waals surface area contributed by atoms with Gasteiger partial charge in [0.1, 0.15) is 5.76 Å². The Labute approximate surface area is 115 Å². The summed E-state index contributed by atoms with van der Waals surface area (Å²) < 4.78 is 5.64. The van der Waals surface area contributed by atoms with Crippen LogP contribution in [0.2, 0.25) is 0 Å². The Morgan fingerprint density at radius 3 is 2.95 bits per heavy atom. The van der Waals surface area contributed by atoms with Gasteiger partial charge in [-0.25, -0.2) is 0 Å². The maximum atomic E-state index is 5.64. The molecule has 1 aliphatic heterocycles. The van der Waals surface area contributed by atoms with Gasteiger partial charge in [-0.3, -0.25) is 4.90 Å². The molecule has 4 heteroatoms. The highest BCUT2D eigenvalue weighted by Gasteiger charge is 2.24. The molecule has 0 bridgehead atoms. The zero-order valence-electron chi connectivity index (χ0n) is 12.1. The van der Waals surface area contributed by atoms with Crippen LogP contribution in [-0.4, -0.2) is 48.6 Å². The van der Waals surface area contributed by atoms with E-state index in [1.165, 1.54) is 18.4 Å². The molecule has 1 N–H and O–H groups in total. The molecular formula is C15H25N3O. The Balaban J connectivity index is 1.57. The largest absolute Gasteiger partial charge is 0.468 e. The molecule has 1 unspecified atom stereocenters. The fraction of sp³-hybridized carbons (Fsp3) is 0.733. The van der Waals surface area contributed by atoms with Crippen LogP contribution in [0.3, 0.4) is 0 Å². The molecule has 1 saturated carbocycles. The molecule has 1 aromatic rings. The van der Waals surface area contributed by atoms with Crippen LogP contribution in [-0.2, 0) is 13.1 Å². The zero-order valence-corrected chi connectivity index (χ0v) is 12.1. The summed E-state index contributed by atoms with van der Waals surface area (Å²) in [6, 6.07) is 3.49. The molecule has 106 valence electrons. The monoisotopic (exact) mass is 263 g/mol. The van der Waals surface area contributed by atoms with Gasteiger partial charge < -0.3 is 14.6 Å². The molecule has 4 nitrogen and oxygen atoms in total. The predicted molar refractivity (Wildman–Crippen MR) is 75.9 cm³/mol. The fourth-order valence-corrected chi connectivity index (χ4v) is 2.82. The van der Waals surface area contributed by atoms with Crippen molar-refractivity contribution in [3.8, 4) is 0 Å². The van der Waals surface area contributed by atoms with Gasteiger partial charge in [0, 0.05) is 43.8 Å². The van der Waals surface area contributed by atoms with Gasteiger partial charge in [-0.15, -0.1) is 0 Å². The number of hydrogen-bond acceptors (Lipinski definition) is 4. The highest BCUT2D eigenvalue weighted by Crippen LogP contribution is 2.21. The smallest absolute Gasteiger partial charge is 0.122 e. The number of piperazine rings is 1. The first-order chi connectivity index (χ1) is 9.22. The Bertz CT molecular complexity index is 413. The molecule has 2 aliphatic rings. The first kappa shape index (κ1) is 13.2. The molecule has 19 heavy (non-hydrogen) atoms. The van der Waals surface area contributed by atoms with Gasteiger partial charge >= 0.3 is 0 Å². The van der Waals surface area contributed by atoms with Crippen molar-refractivity contribution in [1.29, 1.82) is 0 Å². The van der Waals surface area contributed by atoms with Crippen molar-refractivity contribution in [2.45, 2.75) is 44.9 Å². The second kappa shape index (κ2) is 5.65. The zero-order chi connectivity index (χ0) is 13.2. The minimum atomic E-state index is 0.623. The molecule has 0 radical (unpaired) electrons. The van der Waals surface area contributed by atoms with Crippen LogP contribution in [0.4, 0.5) is 0 Å². The van der Waals surface area contributed by atoms with Crippen LogP contribution in [0.5, 0.6) is 0 Å². The maximum absolute atomic E-state index is 5.64. The third-order valence-electron chi connectivity index (χ3n) is 4.31. The van der Waals surface area contributed by atoms with Crippen molar-refractivity contribution in [3.63, 3.8) is 0 Å². The Hall–Kier alpha value is -0.840. The van der Waals surface area contributed by atoms with E-state index in [1.807, 2.05) is 6.26 Å². The molecule has 0 spiro atoms. The van der Waals surface area contributed by atoms with Crippen LogP contribution in [0, 0.1) is 0 Å². The quantitative estimate of drug-likeness (QED) is 0.875. The SMILES string of the molecule is CC1CN(C)CCN1Cc1ccoc1CNC1CC1. The third-order valence-corrected chi connectivity index (χ3v) is 4.31. The minimum absolute atomic E-state index is 0.623. The molecule has 0 amide bonds. The number of furan rings is 1. The van der Waals surface area contributed by atoms with E-state index in [9.17, 15) is 0 Å². The minimum Gasteiger partial charge on any atom is -0.468 e. The molecule has 1 saturated heterocycles. The van der Waals surface area contributed by atoms with Crippen LogP contribution in [0.1, 0.15) is 31.1 Å². The summed E-state index contributed by atoms with van der Waals surface area (Å²) in [4.78, 5) is 4.97. The first-order valence-corrected chi connectivity index (χ1v) is 7.43. The van der Waals surface area contributed by atoms with E-state index in [4.69, 9.17) is 4.42 Å². The normalized spacial score (nSPS) is 25.9. The lowest BCUT2D eigenvalue weighted by atomic mass is 10.1. The van der Waals surface area contributed by atoms with Crippen molar-refractivity contribution in [3.05, 3.63) is 23.7 Å². The molecule has 1 atom stereocenters. The van der Waals surface area contributed by atoms with Crippen molar-refractivity contribution in [2.24, 2.45) is 0 Å². The maximum Gasteiger partial charge on any atom is 0.122 e. The van der Waals surface area contributed by atoms with Crippen molar-refractivity contribution in [1.82, 2.24) is 15.1 Å². The van der Waals surface area contributed by atoms with Gasteiger partial charge in [0.05, 0.1) is 12.8 Å². The van der Waals surface area contributed by atoms with E-state index in [-0.39, 0.29) is 0 Å². The lowest BCUT2D eigenvalue weighted by molar-refractivity contribution is 0.0933. The van der Waals surface area contributed by atoms with Gasteiger partial charge in [0.2, 0.25) is 0 Å². The van der Waals surface area contributed by atoms with E-state index in [0.29, 0.717) is 6.04 Å². The number of nitrogens with zero attached hydrogens (tertiary/aromatic N) is 2. The van der Waals surface area contributed by atoms with Crippen molar-refractivity contribution in [2.75, 3.05) is 26.7 Å². The highest BCUT2D eigenvalue weighted by atomic mass is 16.3. The van der Waals surface area contributed by atoms with Gasteiger partial charge in [0.25, 0.3) is 0 Å². The predicted octanol–water partition coefficient (Wildman–Crippen LogP) is 1.67. The van der Waals surface area contributed by atoms with E-state index in [2.05, 4.69) is 35.2 Å². The van der Waals surface area contributed by atoms with Gasteiger partial charge in [-0.2, -0.15) is 0 Å². The molecule has 2 fully saturated rings.